The molecule has 0 unspecified atom stereocenters. The Morgan fingerprint density at radius 3 is 2.89 bits per heavy atom. The van der Waals surface area contributed by atoms with Crippen LogP contribution in [0.3, 0.4) is 0 Å². The zero-order valence-corrected chi connectivity index (χ0v) is 11.8. The molecule has 0 saturated carbocycles. The third-order valence-corrected chi connectivity index (χ3v) is 3.59. The maximum atomic E-state index is 11.2. The molecule has 0 spiro atoms. The fourth-order valence-electron chi connectivity index (χ4n) is 1.72. The van der Waals surface area contributed by atoms with E-state index in [0.29, 0.717) is 32.0 Å². The van der Waals surface area contributed by atoms with Crippen molar-refractivity contribution in [3.8, 4) is 11.5 Å². The van der Waals surface area contributed by atoms with E-state index < -0.39 is 0 Å². The van der Waals surface area contributed by atoms with E-state index in [1.807, 2.05) is 25.1 Å². The topological polar surface area (TPSA) is 44.8 Å². The molecule has 104 valence electrons. The Morgan fingerprint density at radius 2 is 2.11 bits per heavy atom. The van der Waals surface area contributed by atoms with Crippen LogP contribution in [0.2, 0.25) is 0 Å². The van der Waals surface area contributed by atoms with E-state index in [0.717, 1.165) is 22.8 Å². The van der Waals surface area contributed by atoms with Crippen molar-refractivity contribution in [1.29, 1.82) is 0 Å². The predicted molar refractivity (Wildman–Crippen MR) is 74.0 cm³/mol. The minimum atomic E-state index is -0.149. The van der Waals surface area contributed by atoms with Gasteiger partial charge in [0, 0.05) is 17.1 Å². The van der Waals surface area contributed by atoms with Crippen molar-refractivity contribution in [2.45, 2.75) is 24.7 Å². The Kier molecular flexibility index (Phi) is 5.39. The lowest BCUT2D eigenvalue weighted by atomic mass is 10.3. The number of hydrogen-bond acceptors (Lipinski definition) is 5. The zero-order valence-electron chi connectivity index (χ0n) is 11.0. The van der Waals surface area contributed by atoms with Crippen LogP contribution in [0.15, 0.2) is 23.1 Å². The van der Waals surface area contributed by atoms with Crippen LogP contribution in [-0.2, 0) is 9.53 Å². The van der Waals surface area contributed by atoms with Gasteiger partial charge < -0.3 is 14.2 Å². The number of ether oxygens (including phenoxy) is 3. The highest BCUT2D eigenvalue weighted by Crippen LogP contribution is 2.33. The van der Waals surface area contributed by atoms with Crippen LogP contribution in [0.5, 0.6) is 11.5 Å². The number of benzene rings is 1. The number of carbonyl (C=O) groups is 1. The molecule has 0 atom stereocenters. The fraction of sp³-hybridized carbons (Fsp3) is 0.500. The number of rotatable bonds is 5. The minimum Gasteiger partial charge on any atom is -0.490 e. The predicted octanol–water partition coefficient (Wildman–Crippen LogP) is 2.89. The highest BCUT2D eigenvalue weighted by molar-refractivity contribution is 7.99. The standard InChI is InChI=1S/C14H18O4S/c1-2-16-14(15)6-9-19-11-4-5-12-13(10-11)18-8-3-7-17-12/h4-5,10H,2-3,6-9H2,1H3. The average molecular weight is 282 g/mol. The third-order valence-electron chi connectivity index (χ3n) is 2.60. The quantitative estimate of drug-likeness (QED) is 0.614. The molecule has 1 heterocycles. The summed E-state index contributed by atoms with van der Waals surface area (Å²) in [6, 6.07) is 5.88. The molecule has 2 rings (SSSR count). The van der Waals surface area contributed by atoms with Crippen molar-refractivity contribution in [3.63, 3.8) is 0 Å². The fourth-order valence-corrected chi connectivity index (χ4v) is 2.58. The molecule has 0 N–H and O–H groups in total. The first-order chi connectivity index (χ1) is 9.29. The van der Waals surface area contributed by atoms with E-state index >= 15 is 0 Å². The minimum absolute atomic E-state index is 0.149. The van der Waals surface area contributed by atoms with Crippen LogP contribution < -0.4 is 9.47 Å². The van der Waals surface area contributed by atoms with Crippen LogP contribution in [0.1, 0.15) is 19.8 Å². The molecule has 0 aliphatic carbocycles. The monoisotopic (exact) mass is 282 g/mol. The summed E-state index contributed by atoms with van der Waals surface area (Å²) in [5.41, 5.74) is 0. The van der Waals surface area contributed by atoms with Gasteiger partial charge in [0.25, 0.3) is 0 Å². The number of thioether (sulfide) groups is 1. The molecular weight excluding hydrogens is 264 g/mol. The summed E-state index contributed by atoms with van der Waals surface area (Å²) >= 11 is 1.62. The van der Waals surface area contributed by atoms with Gasteiger partial charge in [0.05, 0.1) is 26.2 Å². The number of carbonyl (C=O) groups excluding carboxylic acids is 1. The van der Waals surface area contributed by atoms with E-state index in [-0.39, 0.29) is 5.97 Å². The second kappa shape index (κ2) is 7.28. The summed E-state index contributed by atoms with van der Waals surface area (Å²) in [6.45, 7) is 3.63. The van der Waals surface area contributed by atoms with Crippen molar-refractivity contribution in [1.82, 2.24) is 0 Å². The van der Waals surface area contributed by atoms with Gasteiger partial charge in [-0.2, -0.15) is 0 Å². The first kappa shape index (κ1) is 14.1. The zero-order chi connectivity index (χ0) is 13.5. The molecule has 0 amide bonds. The Hall–Kier alpha value is -1.36. The summed E-state index contributed by atoms with van der Waals surface area (Å²) in [7, 11) is 0. The molecule has 0 radical (unpaired) electrons. The van der Waals surface area contributed by atoms with Crippen LogP contribution in [0.4, 0.5) is 0 Å². The molecule has 0 aromatic heterocycles. The normalized spacial score (nSPS) is 13.7. The van der Waals surface area contributed by atoms with Crippen LogP contribution in [-0.4, -0.2) is 31.5 Å². The summed E-state index contributed by atoms with van der Waals surface area (Å²) in [5.74, 6) is 2.15. The molecule has 4 nitrogen and oxygen atoms in total. The molecule has 19 heavy (non-hydrogen) atoms. The number of fused-ring (bicyclic) bond motifs is 1. The van der Waals surface area contributed by atoms with E-state index in [1.54, 1.807) is 11.8 Å². The van der Waals surface area contributed by atoms with Gasteiger partial charge in [-0.15, -0.1) is 11.8 Å². The van der Waals surface area contributed by atoms with Gasteiger partial charge in [-0.3, -0.25) is 4.79 Å². The van der Waals surface area contributed by atoms with E-state index in [1.165, 1.54) is 0 Å². The Balaban J connectivity index is 1.87. The van der Waals surface area contributed by atoms with Gasteiger partial charge >= 0.3 is 5.97 Å². The van der Waals surface area contributed by atoms with Crippen molar-refractivity contribution in [2.75, 3.05) is 25.6 Å². The number of esters is 1. The van der Waals surface area contributed by atoms with Crippen LogP contribution in [0, 0.1) is 0 Å². The van der Waals surface area contributed by atoms with Crippen molar-refractivity contribution in [3.05, 3.63) is 18.2 Å². The lowest BCUT2D eigenvalue weighted by Crippen LogP contribution is -2.04. The smallest absolute Gasteiger partial charge is 0.306 e. The van der Waals surface area contributed by atoms with Gasteiger partial charge in [0.15, 0.2) is 11.5 Å². The SMILES string of the molecule is CCOC(=O)CCSc1ccc2c(c1)OCCCO2. The van der Waals surface area contributed by atoms with Gasteiger partial charge in [0.1, 0.15) is 0 Å². The van der Waals surface area contributed by atoms with E-state index in [4.69, 9.17) is 14.2 Å². The molecule has 5 heteroatoms. The highest BCUT2D eigenvalue weighted by atomic mass is 32.2. The maximum absolute atomic E-state index is 11.2. The first-order valence-electron chi connectivity index (χ1n) is 6.47. The van der Waals surface area contributed by atoms with Crippen LogP contribution in [0.25, 0.3) is 0 Å². The Morgan fingerprint density at radius 1 is 1.32 bits per heavy atom. The Bertz CT molecular complexity index is 433. The molecule has 0 saturated heterocycles. The summed E-state index contributed by atoms with van der Waals surface area (Å²) < 4.78 is 16.1. The molecule has 1 aromatic rings. The molecule has 1 aliphatic rings. The lowest BCUT2D eigenvalue weighted by molar-refractivity contribution is -0.142. The highest BCUT2D eigenvalue weighted by Gasteiger charge is 2.11. The van der Waals surface area contributed by atoms with Gasteiger partial charge in [-0.1, -0.05) is 0 Å². The van der Waals surface area contributed by atoms with Gasteiger partial charge in [-0.05, 0) is 25.1 Å². The lowest BCUT2D eigenvalue weighted by Gasteiger charge is -2.09. The second-order valence-corrected chi connectivity index (χ2v) is 5.23. The second-order valence-electron chi connectivity index (χ2n) is 4.06. The van der Waals surface area contributed by atoms with Crippen molar-refractivity contribution in [2.24, 2.45) is 0 Å². The number of hydrogen-bond donors (Lipinski definition) is 0. The Labute approximate surface area is 117 Å². The van der Waals surface area contributed by atoms with Gasteiger partial charge in [-0.25, -0.2) is 0 Å². The van der Waals surface area contributed by atoms with E-state index in [2.05, 4.69) is 0 Å². The summed E-state index contributed by atoms with van der Waals surface area (Å²) in [5, 5.41) is 0. The molecule has 0 fully saturated rings. The summed E-state index contributed by atoms with van der Waals surface area (Å²) in [4.78, 5) is 12.3. The molecular formula is C14H18O4S. The molecule has 0 bridgehead atoms. The molecule has 1 aromatic carbocycles. The molecule has 1 aliphatic heterocycles. The van der Waals surface area contributed by atoms with Gasteiger partial charge in [0.2, 0.25) is 0 Å². The third kappa shape index (κ3) is 4.35. The average Bonchev–Trinajstić information content (AvgIpc) is 2.63. The summed E-state index contributed by atoms with van der Waals surface area (Å²) in [6.07, 6.45) is 1.33. The largest absolute Gasteiger partial charge is 0.490 e. The first-order valence-corrected chi connectivity index (χ1v) is 7.46. The van der Waals surface area contributed by atoms with Crippen LogP contribution >= 0.6 is 11.8 Å². The van der Waals surface area contributed by atoms with Crippen molar-refractivity contribution < 1.29 is 19.0 Å². The maximum Gasteiger partial charge on any atom is 0.306 e. The van der Waals surface area contributed by atoms with Crippen molar-refractivity contribution >= 4 is 17.7 Å². The van der Waals surface area contributed by atoms with E-state index in [9.17, 15) is 4.79 Å².